The highest BCUT2D eigenvalue weighted by molar-refractivity contribution is 5.90. The lowest BCUT2D eigenvalue weighted by Gasteiger charge is -2.27. The zero-order chi connectivity index (χ0) is 40.1. The monoisotopic (exact) mass is 747 g/mol. The lowest BCUT2D eigenvalue weighted by atomic mass is 10.0. The number of ether oxygens (including phenoxy) is 3. The smallest absolute Gasteiger partial charge is 0.416 e. The predicted octanol–water partition coefficient (Wildman–Crippen LogP) is 4.37. The third kappa shape index (κ3) is 19.6. The number of carbonyl (C=O) groups is 6. The number of hydrogen-bond acceptors (Lipinski definition) is 9. The van der Waals surface area contributed by atoms with Crippen molar-refractivity contribution >= 4 is 36.1 Å². The molecule has 1 rings (SSSR count). The molecule has 0 radical (unpaired) electrons. The molecule has 294 valence electrons. The standard InChI is InChI=1S/C34H52F3N5O10/c1-31(2,3)50-28(47)38-16-18-42(19-17-39-29(48)51-32(4,5)6)25(43)15-14-23(41-30(49)52-33(7,8)9)26(44)40-24(27(45)46)20-21-10-12-22(13-11-21)34(35,36)37/h10-13,23-24H,14-20H2,1-9H3,(H,38,47)(H,39,48)(H,40,44)(H,41,49)(H,45,46). The summed E-state index contributed by atoms with van der Waals surface area (Å²) < 4.78 is 54.6. The zero-order valence-corrected chi connectivity index (χ0v) is 31.1. The Morgan fingerprint density at radius 2 is 1.13 bits per heavy atom. The fourth-order valence-corrected chi connectivity index (χ4v) is 4.26. The van der Waals surface area contributed by atoms with Crippen LogP contribution in [0.5, 0.6) is 0 Å². The van der Waals surface area contributed by atoms with Crippen molar-refractivity contribution in [2.24, 2.45) is 0 Å². The van der Waals surface area contributed by atoms with Gasteiger partial charge in [0, 0.05) is 39.0 Å². The third-order valence-corrected chi connectivity index (χ3v) is 6.44. The van der Waals surface area contributed by atoms with E-state index in [4.69, 9.17) is 14.2 Å². The fraction of sp³-hybridized carbons (Fsp3) is 0.647. The Labute approximate surface area is 301 Å². The van der Waals surface area contributed by atoms with Crippen molar-refractivity contribution < 1.29 is 61.3 Å². The van der Waals surface area contributed by atoms with Gasteiger partial charge in [0.25, 0.3) is 0 Å². The van der Waals surface area contributed by atoms with Crippen molar-refractivity contribution in [3.63, 3.8) is 0 Å². The summed E-state index contributed by atoms with van der Waals surface area (Å²) in [7, 11) is 0. The molecule has 1 aromatic rings. The second kappa shape index (κ2) is 19.2. The van der Waals surface area contributed by atoms with Gasteiger partial charge in [-0.2, -0.15) is 13.2 Å². The van der Waals surface area contributed by atoms with Crippen molar-refractivity contribution in [2.75, 3.05) is 26.2 Å². The van der Waals surface area contributed by atoms with Crippen LogP contribution in [0.25, 0.3) is 0 Å². The number of nitrogens with zero attached hydrogens (tertiary/aromatic N) is 1. The van der Waals surface area contributed by atoms with E-state index >= 15 is 0 Å². The number of hydrogen-bond donors (Lipinski definition) is 5. The fourth-order valence-electron chi connectivity index (χ4n) is 4.26. The van der Waals surface area contributed by atoms with Crippen LogP contribution in [0.15, 0.2) is 24.3 Å². The first-order chi connectivity index (χ1) is 23.6. The van der Waals surface area contributed by atoms with Crippen molar-refractivity contribution in [2.45, 2.75) is 117 Å². The summed E-state index contributed by atoms with van der Waals surface area (Å²) in [6, 6.07) is 0.638. The van der Waals surface area contributed by atoms with Gasteiger partial charge in [0.05, 0.1) is 5.56 Å². The van der Waals surface area contributed by atoms with Crippen LogP contribution in [0.1, 0.15) is 86.3 Å². The molecule has 0 aliphatic heterocycles. The van der Waals surface area contributed by atoms with Crippen LogP contribution in [-0.2, 0) is 41.2 Å². The number of amides is 5. The van der Waals surface area contributed by atoms with Gasteiger partial charge >= 0.3 is 30.4 Å². The van der Waals surface area contributed by atoms with Gasteiger partial charge in [0.15, 0.2) is 0 Å². The second-order valence-corrected chi connectivity index (χ2v) is 14.8. The van der Waals surface area contributed by atoms with Gasteiger partial charge in [0.1, 0.15) is 28.9 Å². The molecular weight excluding hydrogens is 695 g/mol. The minimum absolute atomic E-state index is 0.0430. The summed E-state index contributed by atoms with van der Waals surface area (Å²) in [6.45, 7) is 14.6. The van der Waals surface area contributed by atoms with Crippen molar-refractivity contribution in [3.05, 3.63) is 35.4 Å². The molecule has 0 fully saturated rings. The molecular formula is C34H52F3N5O10. The number of benzene rings is 1. The molecule has 0 aliphatic rings. The number of alkyl carbamates (subject to hydrolysis) is 3. The molecule has 0 bridgehead atoms. The van der Waals surface area contributed by atoms with Crippen molar-refractivity contribution in [1.82, 2.24) is 26.2 Å². The summed E-state index contributed by atoms with van der Waals surface area (Å²) >= 11 is 0. The van der Waals surface area contributed by atoms with E-state index in [-0.39, 0.29) is 51.0 Å². The Morgan fingerprint density at radius 3 is 1.54 bits per heavy atom. The highest BCUT2D eigenvalue weighted by atomic mass is 19.4. The molecule has 5 N–H and O–H groups in total. The van der Waals surface area contributed by atoms with E-state index in [1.54, 1.807) is 62.3 Å². The number of alkyl halides is 3. The van der Waals surface area contributed by atoms with Crippen molar-refractivity contribution in [3.8, 4) is 0 Å². The van der Waals surface area contributed by atoms with E-state index in [0.29, 0.717) is 0 Å². The van der Waals surface area contributed by atoms with Crippen LogP contribution in [0.4, 0.5) is 27.6 Å². The average molecular weight is 748 g/mol. The summed E-state index contributed by atoms with van der Waals surface area (Å²) in [6.07, 6.45) is -8.19. The normalized spacial score (nSPS) is 13.2. The topological polar surface area (TPSA) is 202 Å². The molecule has 52 heavy (non-hydrogen) atoms. The maximum Gasteiger partial charge on any atom is 0.416 e. The highest BCUT2D eigenvalue weighted by Gasteiger charge is 2.32. The Kier molecular flexibility index (Phi) is 16.7. The first-order valence-corrected chi connectivity index (χ1v) is 16.6. The Morgan fingerprint density at radius 1 is 0.692 bits per heavy atom. The average Bonchev–Trinajstić information content (AvgIpc) is 2.94. The van der Waals surface area contributed by atoms with Gasteiger partial charge in [0.2, 0.25) is 11.8 Å². The van der Waals surface area contributed by atoms with Crippen LogP contribution in [0.2, 0.25) is 0 Å². The van der Waals surface area contributed by atoms with Crippen LogP contribution < -0.4 is 21.3 Å². The maximum absolute atomic E-state index is 13.5. The van der Waals surface area contributed by atoms with E-state index in [1.807, 2.05) is 0 Å². The van der Waals surface area contributed by atoms with Gasteiger partial charge in [-0.1, -0.05) is 12.1 Å². The Hall–Kier alpha value is -4.77. The molecule has 2 atom stereocenters. The quantitative estimate of drug-likeness (QED) is 0.161. The summed E-state index contributed by atoms with van der Waals surface area (Å²) in [5.74, 6) is -3.05. The molecule has 0 saturated heterocycles. The zero-order valence-electron chi connectivity index (χ0n) is 31.1. The number of rotatable bonds is 15. The first kappa shape index (κ1) is 45.3. The number of carboxylic acids is 1. The molecule has 15 nitrogen and oxygen atoms in total. The number of halogens is 3. The maximum atomic E-state index is 13.5. The summed E-state index contributed by atoms with van der Waals surface area (Å²) in [4.78, 5) is 77.2. The van der Waals surface area contributed by atoms with Gasteiger partial charge < -0.3 is 45.5 Å². The second-order valence-electron chi connectivity index (χ2n) is 14.8. The number of carbonyl (C=O) groups excluding carboxylic acids is 5. The van der Waals surface area contributed by atoms with E-state index in [9.17, 15) is 47.0 Å². The molecule has 0 heterocycles. The van der Waals surface area contributed by atoms with Crippen LogP contribution in [0.3, 0.4) is 0 Å². The van der Waals surface area contributed by atoms with Gasteiger partial charge in [-0.05, 0) is 86.4 Å². The highest BCUT2D eigenvalue weighted by Crippen LogP contribution is 2.29. The van der Waals surface area contributed by atoms with Gasteiger partial charge in [-0.25, -0.2) is 19.2 Å². The molecule has 2 unspecified atom stereocenters. The molecule has 0 aromatic heterocycles. The molecule has 18 heteroatoms. The lowest BCUT2D eigenvalue weighted by molar-refractivity contribution is -0.142. The third-order valence-electron chi connectivity index (χ3n) is 6.44. The minimum Gasteiger partial charge on any atom is -0.480 e. The van der Waals surface area contributed by atoms with Crippen LogP contribution >= 0.6 is 0 Å². The lowest BCUT2D eigenvalue weighted by Crippen LogP contribution is -2.53. The van der Waals surface area contributed by atoms with Crippen LogP contribution in [-0.4, -0.2) is 101 Å². The van der Waals surface area contributed by atoms with Gasteiger partial charge in [-0.3, -0.25) is 9.59 Å². The Balaban J connectivity index is 3.15. The minimum atomic E-state index is -4.60. The first-order valence-electron chi connectivity index (χ1n) is 16.6. The summed E-state index contributed by atoms with van der Waals surface area (Å²) in [5, 5.41) is 19.5. The number of aliphatic carboxylic acids is 1. The van der Waals surface area contributed by atoms with E-state index in [2.05, 4.69) is 21.3 Å². The van der Waals surface area contributed by atoms with E-state index in [1.165, 1.54) is 4.90 Å². The number of carboxylic acid groups (broad SMARTS) is 1. The summed E-state index contributed by atoms with van der Waals surface area (Å²) in [5.41, 5.74) is -3.28. The molecule has 5 amide bonds. The van der Waals surface area contributed by atoms with E-state index in [0.717, 1.165) is 24.3 Å². The van der Waals surface area contributed by atoms with Crippen LogP contribution in [0, 0.1) is 0 Å². The molecule has 0 aliphatic carbocycles. The number of nitrogens with one attached hydrogen (secondary N) is 4. The molecule has 0 spiro atoms. The van der Waals surface area contributed by atoms with Gasteiger partial charge in [-0.15, -0.1) is 0 Å². The van der Waals surface area contributed by atoms with Crippen molar-refractivity contribution in [1.29, 1.82) is 0 Å². The predicted molar refractivity (Wildman–Crippen MR) is 182 cm³/mol. The Bertz CT molecular complexity index is 1350. The SMILES string of the molecule is CC(C)(C)OC(=O)NCCN(CCNC(=O)OC(C)(C)C)C(=O)CCC(NC(=O)OC(C)(C)C)C(=O)NC(Cc1ccc(C(F)(F)F)cc1)C(=O)O. The van der Waals surface area contributed by atoms with E-state index < -0.39 is 76.7 Å². The molecule has 0 saturated carbocycles. The molecule has 1 aromatic carbocycles. The largest absolute Gasteiger partial charge is 0.480 e.